The zero-order valence-corrected chi connectivity index (χ0v) is 6.82. The van der Waals surface area contributed by atoms with Crippen LogP contribution >= 0.6 is 0 Å². The van der Waals surface area contributed by atoms with Crippen LogP contribution in [0, 0.1) is 11.8 Å². The Morgan fingerprint density at radius 1 is 1.64 bits per heavy atom. The molecule has 11 heavy (non-hydrogen) atoms. The van der Waals surface area contributed by atoms with Crippen LogP contribution in [-0.4, -0.2) is 12.5 Å². The molecule has 1 aliphatic carbocycles. The molecule has 1 saturated carbocycles. The largest absolute Gasteiger partial charge is 0.330 e. The number of hydrogen-bond donors (Lipinski definition) is 1. The van der Waals surface area contributed by atoms with Gasteiger partial charge in [0.1, 0.15) is 0 Å². The minimum Gasteiger partial charge on any atom is -0.330 e. The lowest BCUT2D eigenvalue weighted by Crippen LogP contribution is -2.20. The van der Waals surface area contributed by atoms with E-state index in [-0.39, 0.29) is 24.7 Å². The molecule has 0 aromatic carbocycles. The molecule has 1 unspecified atom stereocenters. The molecule has 1 fully saturated rings. The highest BCUT2D eigenvalue weighted by Crippen LogP contribution is 2.41. The summed E-state index contributed by atoms with van der Waals surface area (Å²) in [6.07, 6.45) is 0.749. The van der Waals surface area contributed by atoms with Gasteiger partial charge in [0.2, 0.25) is 5.92 Å². The van der Waals surface area contributed by atoms with Gasteiger partial charge in [0.15, 0.2) is 0 Å². The molecule has 2 atom stereocenters. The van der Waals surface area contributed by atoms with Crippen molar-refractivity contribution in [3.05, 3.63) is 0 Å². The Kier molecular flexibility index (Phi) is 2.47. The van der Waals surface area contributed by atoms with Crippen LogP contribution in [0.3, 0.4) is 0 Å². The Bertz CT molecular complexity index is 136. The second-order valence-electron chi connectivity index (χ2n) is 3.57. The van der Waals surface area contributed by atoms with Gasteiger partial charge in [-0.15, -0.1) is 0 Å². The number of rotatable bonds is 2. The highest BCUT2D eigenvalue weighted by atomic mass is 19.3. The summed E-state index contributed by atoms with van der Waals surface area (Å²) in [5.41, 5.74) is 5.40. The van der Waals surface area contributed by atoms with Crippen LogP contribution in [0.1, 0.15) is 26.2 Å². The molecular formula is C8H15F2N. The van der Waals surface area contributed by atoms with Gasteiger partial charge in [0.25, 0.3) is 0 Å². The third-order valence-electron chi connectivity index (χ3n) is 2.62. The molecule has 0 aromatic rings. The third-order valence-corrected chi connectivity index (χ3v) is 2.62. The van der Waals surface area contributed by atoms with Gasteiger partial charge in [-0.05, 0) is 24.8 Å². The van der Waals surface area contributed by atoms with Crippen LogP contribution in [0.25, 0.3) is 0 Å². The zero-order valence-electron chi connectivity index (χ0n) is 6.82. The predicted octanol–water partition coefficient (Wildman–Crippen LogP) is 2.02. The summed E-state index contributed by atoms with van der Waals surface area (Å²) < 4.78 is 25.3. The van der Waals surface area contributed by atoms with Crippen molar-refractivity contribution in [1.29, 1.82) is 0 Å². The lowest BCUT2D eigenvalue weighted by Gasteiger charge is -2.16. The Labute approximate surface area is 66.0 Å². The summed E-state index contributed by atoms with van der Waals surface area (Å²) in [7, 11) is 0. The van der Waals surface area contributed by atoms with Gasteiger partial charge in [-0.2, -0.15) is 0 Å². The second kappa shape index (κ2) is 3.05. The lowest BCUT2D eigenvalue weighted by atomic mass is 9.93. The molecule has 1 aliphatic rings. The quantitative estimate of drug-likeness (QED) is 0.662. The maximum absolute atomic E-state index is 12.7. The second-order valence-corrected chi connectivity index (χ2v) is 3.57. The molecule has 3 heteroatoms. The van der Waals surface area contributed by atoms with Crippen LogP contribution < -0.4 is 5.73 Å². The normalized spacial score (nSPS) is 32.2. The van der Waals surface area contributed by atoms with E-state index in [2.05, 4.69) is 0 Å². The lowest BCUT2D eigenvalue weighted by molar-refractivity contribution is 0.00280. The van der Waals surface area contributed by atoms with Crippen molar-refractivity contribution >= 4 is 0 Å². The molecule has 0 saturated heterocycles. The van der Waals surface area contributed by atoms with E-state index in [1.54, 1.807) is 0 Å². The Hall–Kier alpha value is -0.180. The maximum Gasteiger partial charge on any atom is 0.248 e. The van der Waals surface area contributed by atoms with Gasteiger partial charge in [-0.3, -0.25) is 0 Å². The first-order chi connectivity index (χ1) is 5.05. The van der Waals surface area contributed by atoms with Crippen LogP contribution in [0.2, 0.25) is 0 Å². The van der Waals surface area contributed by atoms with E-state index in [0.717, 1.165) is 0 Å². The number of hydrogen-bond acceptors (Lipinski definition) is 1. The van der Waals surface area contributed by atoms with Crippen LogP contribution in [0.4, 0.5) is 8.78 Å². The smallest absolute Gasteiger partial charge is 0.248 e. The topological polar surface area (TPSA) is 26.0 Å². The van der Waals surface area contributed by atoms with E-state index >= 15 is 0 Å². The Balaban J connectivity index is 2.41. The minimum absolute atomic E-state index is 0.0470. The molecule has 0 amide bonds. The minimum atomic E-state index is -2.41. The number of nitrogens with two attached hydrogens (primary N) is 1. The van der Waals surface area contributed by atoms with Gasteiger partial charge in [-0.1, -0.05) is 6.92 Å². The SMILES string of the molecule is C[C@@H](CN)C1CCC(F)(F)C1. The van der Waals surface area contributed by atoms with Crippen molar-refractivity contribution in [1.82, 2.24) is 0 Å². The van der Waals surface area contributed by atoms with Crippen LogP contribution in [0.15, 0.2) is 0 Å². The molecule has 2 N–H and O–H groups in total. The fraction of sp³-hybridized carbons (Fsp3) is 1.00. The monoisotopic (exact) mass is 163 g/mol. The van der Waals surface area contributed by atoms with Crippen molar-refractivity contribution in [2.75, 3.05) is 6.54 Å². The van der Waals surface area contributed by atoms with E-state index in [4.69, 9.17) is 5.73 Å². The predicted molar refractivity (Wildman–Crippen MR) is 40.5 cm³/mol. The van der Waals surface area contributed by atoms with Crippen LogP contribution in [-0.2, 0) is 0 Å². The first kappa shape index (κ1) is 8.91. The summed E-state index contributed by atoms with van der Waals surface area (Å²) >= 11 is 0. The zero-order chi connectivity index (χ0) is 8.48. The highest BCUT2D eigenvalue weighted by molar-refractivity contribution is 4.84. The number of alkyl halides is 2. The fourth-order valence-corrected chi connectivity index (χ4v) is 1.66. The molecular weight excluding hydrogens is 148 g/mol. The standard InChI is InChI=1S/C8H15F2N/c1-6(5-11)7-2-3-8(9,10)4-7/h6-7H,2-5,11H2,1H3/t6-,7?/m0/s1. The van der Waals surface area contributed by atoms with E-state index < -0.39 is 5.92 Å². The molecule has 0 aromatic heterocycles. The molecule has 0 aliphatic heterocycles. The van der Waals surface area contributed by atoms with Gasteiger partial charge in [0, 0.05) is 12.8 Å². The molecule has 0 bridgehead atoms. The average Bonchev–Trinajstić information content (AvgIpc) is 2.29. The van der Waals surface area contributed by atoms with Gasteiger partial charge < -0.3 is 5.73 Å². The molecule has 0 heterocycles. The van der Waals surface area contributed by atoms with Crippen molar-refractivity contribution in [3.8, 4) is 0 Å². The first-order valence-corrected chi connectivity index (χ1v) is 4.13. The van der Waals surface area contributed by atoms with E-state index in [0.29, 0.717) is 13.0 Å². The summed E-state index contributed by atoms with van der Waals surface area (Å²) in [6, 6.07) is 0. The summed E-state index contributed by atoms with van der Waals surface area (Å²) in [6.45, 7) is 2.48. The Morgan fingerprint density at radius 3 is 2.64 bits per heavy atom. The summed E-state index contributed by atoms with van der Waals surface area (Å²) in [5, 5.41) is 0. The van der Waals surface area contributed by atoms with E-state index in [1.165, 1.54) is 0 Å². The number of halogens is 2. The first-order valence-electron chi connectivity index (χ1n) is 4.13. The maximum atomic E-state index is 12.7. The van der Waals surface area contributed by atoms with Crippen molar-refractivity contribution in [3.63, 3.8) is 0 Å². The summed E-state index contributed by atoms with van der Waals surface area (Å²) in [4.78, 5) is 0. The van der Waals surface area contributed by atoms with Crippen molar-refractivity contribution in [2.24, 2.45) is 17.6 Å². The highest BCUT2D eigenvalue weighted by Gasteiger charge is 2.40. The molecule has 0 spiro atoms. The van der Waals surface area contributed by atoms with Crippen molar-refractivity contribution in [2.45, 2.75) is 32.1 Å². The van der Waals surface area contributed by atoms with Crippen molar-refractivity contribution < 1.29 is 8.78 Å². The molecule has 0 radical (unpaired) electrons. The van der Waals surface area contributed by atoms with Gasteiger partial charge in [0.05, 0.1) is 0 Å². The van der Waals surface area contributed by atoms with Crippen LogP contribution in [0.5, 0.6) is 0 Å². The van der Waals surface area contributed by atoms with E-state index in [9.17, 15) is 8.78 Å². The van der Waals surface area contributed by atoms with E-state index in [1.807, 2.05) is 6.92 Å². The Morgan fingerprint density at radius 2 is 2.27 bits per heavy atom. The third kappa shape index (κ3) is 2.12. The fourth-order valence-electron chi connectivity index (χ4n) is 1.66. The molecule has 1 rings (SSSR count). The average molecular weight is 163 g/mol. The van der Waals surface area contributed by atoms with Gasteiger partial charge in [-0.25, -0.2) is 8.78 Å². The summed E-state index contributed by atoms with van der Waals surface area (Å²) in [5.74, 6) is -2.01. The molecule has 1 nitrogen and oxygen atoms in total. The molecule has 66 valence electrons. The van der Waals surface area contributed by atoms with Gasteiger partial charge >= 0.3 is 0 Å².